The zero-order chi connectivity index (χ0) is 8.44. The van der Waals surface area contributed by atoms with Crippen molar-refractivity contribution in [1.82, 2.24) is 10.6 Å². The van der Waals surface area contributed by atoms with Gasteiger partial charge in [-0.25, -0.2) is 0 Å². The summed E-state index contributed by atoms with van der Waals surface area (Å²) in [4.78, 5) is 0. The highest BCUT2D eigenvalue weighted by Gasteiger charge is 2.41. The maximum absolute atomic E-state index is 5.65. The van der Waals surface area contributed by atoms with Gasteiger partial charge < -0.3 is 14.8 Å². The van der Waals surface area contributed by atoms with E-state index in [0.717, 1.165) is 32.7 Å². The van der Waals surface area contributed by atoms with Gasteiger partial charge in [0.2, 0.25) is 0 Å². The molecule has 4 heteroatoms. The van der Waals surface area contributed by atoms with Gasteiger partial charge in [0.25, 0.3) is 0 Å². The number of ether oxygens (including phenoxy) is 2. The summed E-state index contributed by atoms with van der Waals surface area (Å²) in [5, 5.41) is 6.66. The van der Waals surface area contributed by atoms with Crippen LogP contribution < -0.4 is 10.6 Å². The topological polar surface area (TPSA) is 42.5 Å². The Balaban J connectivity index is 1.85. The molecule has 4 nitrogen and oxygen atoms in total. The van der Waals surface area contributed by atoms with Crippen LogP contribution in [-0.2, 0) is 9.47 Å². The molecule has 0 radical (unpaired) electrons. The average molecular weight is 172 g/mol. The molecule has 0 aliphatic carbocycles. The Morgan fingerprint density at radius 2 is 2.42 bits per heavy atom. The van der Waals surface area contributed by atoms with E-state index in [9.17, 15) is 0 Å². The lowest BCUT2D eigenvalue weighted by atomic mass is 10.0. The minimum Gasteiger partial charge on any atom is -0.383 e. The molecule has 0 aromatic heterocycles. The molecule has 2 rings (SSSR count). The number of nitrogens with one attached hydrogen (secondary N) is 2. The van der Waals surface area contributed by atoms with Crippen LogP contribution in [0.15, 0.2) is 0 Å². The molecule has 2 saturated heterocycles. The van der Waals surface area contributed by atoms with Crippen molar-refractivity contribution in [2.24, 2.45) is 0 Å². The summed E-state index contributed by atoms with van der Waals surface area (Å²) >= 11 is 0. The van der Waals surface area contributed by atoms with Gasteiger partial charge in [-0.05, 0) is 6.42 Å². The van der Waals surface area contributed by atoms with E-state index in [1.165, 1.54) is 0 Å². The summed E-state index contributed by atoms with van der Waals surface area (Å²) in [6, 6.07) is 0.464. The molecule has 1 spiro atoms. The van der Waals surface area contributed by atoms with Crippen LogP contribution in [0, 0.1) is 0 Å². The molecule has 2 fully saturated rings. The van der Waals surface area contributed by atoms with E-state index in [1.807, 2.05) is 0 Å². The van der Waals surface area contributed by atoms with E-state index in [0.29, 0.717) is 6.04 Å². The van der Waals surface area contributed by atoms with Crippen molar-refractivity contribution in [3.8, 4) is 0 Å². The van der Waals surface area contributed by atoms with E-state index in [2.05, 4.69) is 10.6 Å². The molecular weight excluding hydrogens is 156 g/mol. The van der Waals surface area contributed by atoms with E-state index in [1.54, 1.807) is 7.11 Å². The molecule has 2 heterocycles. The lowest BCUT2D eigenvalue weighted by Gasteiger charge is -2.48. The van der Waals surface area contributed by atoms with Crippen molar-refractivity contribution in [3.05, 3.63) is 0 Å². The van der Waals surface area contributed by atoms with Crippen LogP contribution in [0.3, 0.4) is 0 Å². The van der Waals surface area contributed by atoms with Gasteiger partial charge in [-0.3, -0.25) is 5.32 Å². The van der Waals surface area contributed by atoms with Gasteiger partial charge >= 0.3 is 0 Å². The van der Waals surface area contributed by atoms with E-state index in [-0.39, 0.29) is 5.72 Å². The van der Waals surface area contributed by atoms with Crippen molar-refractivity contribution in [3.63, 3.8) is 0 Å². The average Bonchev–Trinajstić information content (AvgIpc) is 2.03. The third kappa shape index (κ3) is 1.47. The normalized spacial score (nSPS) is 33.2. The minimum absolute atomic E-state index is 0.0680. The Labute approximate surface area is 72.6 Å². The highest BCUT2D eigenvalue weighted by Crippen LogP contribution is 2.19. The third-order valence-electron chi connectivity index (χ3n) is 2.50. The Hall–Kier alpha value is -0.160. The maximum atomic E-state index is 5.65. The molecule has 0 aromatic rings. The van der Waals surface area contributed by atoms with Crippen LogP contribution in [0.25, 0.3) is 0 Å². The first-order valence-corrected chi connectivity index (χ1v) is 4.46. The van der Waals surface area contributed by atoms with Gasteiger partial charge in [0.1, 0.15) is 5.72 Å². The molecule has 0 aromatic carbocycles. The SMILES string of the molecule is COCC1CCOC2(CNC2)N1. The summed E-state index contributed by atoms with van der Waals surface area (Å²) in [6.45, 7) is 3.48. The van der Waals surface area contributed by atoms with E-state index >= 15 is 0 Å². The Morgan fingerprint density at radius 1 is 1.58 bits per heavy atom. The Bertz CT molecular complexity index is 157. The quantitative estimate of drug-likeness (QED) is 0.578. The van der Waals surface area contributed by atoms with Gasteiger partial charge in [-0.2, -0.15) is 0 Å². The van der Waals surface area contributed by atoms with Crippen molar-refractivity contribution in [1.29, 1.82) is 0 Å². The van der Waals surface area contributed by atoms with Crippen LogP contribution in [0.2, 0.25) is 0 Å². The molecule has 70 valence electrons. The van der Waals surface area contributed by atoms with Crippen molar-refractivity contribution in [2.75, 3.05) is 33.4 Å². The summed E-state index contributed by atoms with van der Waals surface area (Å²) < 4.78 is 10.8. The van der Waals surface area contributed by atoms with Gasteiger partial charge in [0.05, 0.1) is 13.2 Å². The first-order chi connectivity index (χ1) is 5.85. The van der Waals surface area contributed by atoms with Gasteiger partial charge in [0.15, 0.2) is 0 Å². The van der Waals surface area contributed by atoms with Gasteiger partial charge in [-0.15, -0.1) is 0 Å². The van der Waals surface area contributed by atoms with Crippen LogP contribution in [-0.4, -0.2) is 45.2 Å². The van der Waals surface area contributed by atoms with Crippen molar-refractivity contribution >= 4 is 0 Å². The fourth-order valence-corrected chi connectivity index (χ4v) is 1.76. The highest BCUT2D eigenvalue weighted by atomic mass is 16.5. The number of rotatable bonds is 2. The molecule has 1 unspecified atom stereocenters. The lowest BCUT2D eigenvalue weighted by molar-refractivity contribution is -0.144. The molecule has 12 heavy (non-hydrogen) atoms. The molecule has 0 saturated carbocycles. The van der Waals surface area contributed by atoms with Gasteiger partial charge in [-0.1, -0.05) is 0 Å². The lowest BCUT2D eigenvalue weighted by Crippen LogP contribution is -2.73. The second-order valence-corrected chi connectivity index (χ2v) is 3.53. The van der Waals surface area contributed by atoms with Crippen LogP contribution >= 0.6 is 0 Å². The standard InChI is InChI=1S/C8H16N2O2/c1-11-4-7-2-3-12-8(10-7)5-9-6-8/h7,9-10H,2-6H2,1H3. The molecule has 2 N–H and O–H groups in total. The highest BCUT2D eigenvalue weighted by molar-refractivity contribution is 4.96. The second kappa shape index (κ2) is 3.30. The first-order valence-electron chi connectivity index (χ1n) is 4.46. The summed E-state index contributed by atoms with van der Waals surface area (Å²) in [5.41, 5.74) is -0.0680. The zero-order valence-corrected chi connectivity index (χ0v) is 7.43. The minimum atomic E-state index is -0.0680. The summed E-state index contributed by atoms with van der Waals surface area (Å²) in [6.07, 6.45) is 1.05. The molecular formula is C8H16N2O2. The van der Waals surface area contributed by atoms with Gasteiger partial charge in [0, 0.05) is 26.2 Å². The fraction of sp³-hybridized carbons (Fsp3) is 1.00. The van der Waals surface area contributed by atoms with Crippen LogP contribution in [0.4, 0.5) is 0 Å². The smallest absolute Gasteiger partial charge is 0.144 e. The van der Waals surface area contributed by atoms with Crippen molar-refractivity contribution in [2.45, 2.75) is 18.2 Å². The predicted octanol–water partition coefficient (Wildman–Crippen LogP) is -0.689. The molecule has 2 aliphatic heterocycles. The molecule has 0 amide bonds. The van der Waals surface area contributed by atoms with Crippen molar-refractivity contribution < 1.29 is 9.47 Å². The number of methoxy groups -OCH3 is 1. The van der Waals surface area contributed by atoms with Crippen LogP contribution in [0.1, 0.15) is 6.42 Å². The molecule has 1 atom stereocenters. The van der Waals surface area contributed by atoms with E-state index < -0.39 is 0 Å². The Kier molecular flexibility index (Phi) is 2.32. The largest absolute Gasteiger partial charge is 0.383 e. The molecule has 2 aliphatic rings. The fourth-order valence-electron chi connectivity index (χ4n) is 1.76. The maximum Gasteiger partial charge on any atom is 0.144 e. The number of hydrogen-bond donors (Lipinski definition) is 2. The first kappa shape index (κ1) is 8.44. The second-order valence-electron chi connectivity index (χ2n) is 3.53. The monoisotopic (exact) mass is 172 g/mol. The zero-order valence-electron chi connectivity index (χ0n) is 7.43. The number of hydrogen-bond acceptors (Lipinski definition) is 4. The predicted molar refractivity (Wildman–Crippen MR) is 45.0 cm³/mol. The molecule has 0 bridgehead atoms. The van der Waals surface area contributed by atoms with E-state index in [4.69, 9.17) is 9.47 Å². The Morgan fingerprint density at radius 3 is 3.00 bits per heavy atom. The van der Waals surface area contributed by atoms with Crippen LogP contribution in [0.5, 0.6) is 0 Å². The summed E-state index contributed by atoms with van der Waals surface area (Å²) in [7, 11) is 1.74. The third-order valence-corrected chi connectivity index (χ3v) is 2.50. The summed E-state index contributed by atoms with van der Waals surface area (Å²) in [5.74, 6) is 0.